The van der Waals surface area contributed by atoms with Crippen LogP contribution in [0.4, 0.5) is 0 Å². The summed E-state index contributed by atoms with van der Waals surface area (Å²) in [6, 6.07) is 11.4. The van der Waals surface area contributed by atoms with Crippen molar-refractivity contribution in [2.45, 2.75) is 26.9 Å². The Labute approximate surface area is 184 Å². The standard InChI is InChI=1S/C22H23ClN6O2/c1-5-15-7-6-8-19(29-22(30)28(4)25-26-29)17(15)13-31-20-10-9-16(11-18(20)23)21-14(2)12-27(3)24-21/h6-12H,5,13H2,1-4H3. The van der Waals surface area contributed by atoms with Crippen molar-refractivity contribution in [2.24, 2.45) is 14.1 Å². The Balaban J connectivity index is 1.64. The smallest absolute Gasteiger partial charge is 0.368 e. The van der Waals surface area contributed by atoms with Crippen molar-refractivity contribution in [3.05, 3.63) is 74.8 Å². The van der Waals surface area contributed by atoms with Gasteiger partial charge in [0.05, 0.1) is 16.4 Å². The second-order valence-electron chi connectivity index (χ2n) is 7.33. The first-order chi connectivity index (χ1) is 14.9. The van der Waals surface area contributed by atoms with Crippen molar-refractivity contribution in [1.82, 2.24) is 29.6 Å². The van der Waals surface area contributed by atoms with Crippen molar-refractivity contribution in [3.63, 3.8) is 0 Å². The average molecular weight is 439 g/mol. The van der Waals surface area contributed by atoms with Crippen LogP contribution >= 0.6 is 11.6 Å². The summed E-state index contributed by atoms with van der Waals surface area (Å²) in [6.07, 6.45) is 2.75. The molecular formula is C22H23ClN6O2. The molecule has 2 aromatic heterocycles. The molecule has 0 aliphatic carbocycles. The number of benzene rings is 2. The van der Waals surface area contributed by atoms with Gasteiger partial charge in [-0.15, -0.1) is 0 Å². The highest BCUT2D eigenvalue weighted by atomic mass is 35.5. The maximum atomic E-state index is 12.4. The number of tetrazole rings is 1. The highest BCUT2D eigenvalue weighted by molar-refractivity contribution is 6.32. The van der Waals surface area contributed by atoms with Gasteiger partial charge in [-0.2, -0.15) is 14.5 Å². The molecule has 160 valence electrons. The molecule has 0 amide bonds. The minimum Gasteiger partial charge on any atom is -0.487 e. The molecule has 2 heterocycles. The van der Waals surface area contributed by atoms with E-state index in [1.807, 2.05) is 56.6 Å². The molecule has 0 aliphatic rings. The molecule has 0 N–H and O–H groups in total. The summed E-state index contributed by atoms with van der Waals surface area (Å²) < 4.78 is 10.3. The van der Waals surface area contributed by atoms with Crippen LogP contribution in [0, 0.1) is 6.92 Å². The quantitative estimate of drug-likeness (QED) is 0.460. The molecule has 4 aromatic rings. The minimum absolute atomic E-state index is 0.240. The largest absolute Gasteiger partial charge is 0.487 e. The Morgan fingerprint density at radius 1 is 1.13 bits per heavy atom. The fourth-order valence-corrected chi connectivity index (χ4v) is 3.82. The lowest BCUT2D eigenvalue weighted by Crippen LogP contribution is -2.23. The van der Waals surface area contributed by atoms with Gasteiger partial charge < -0.3 is 4.74 Å². The third kappa shape index (κ3) is 3.98. The van der Waals surface area contributed by atoms with E-state index in [1.54, 1.807) is 11.7 Å². The first-order valence-corrected chi connectivity index (χ1v) is 10.3. The molecule has 2 aromatic carbocycles. The zero-order chi connectivity index (χ0) is 22.1. The lowest BCUT2D eigenvalue weighted by atomic mass is 10.0. The number of hydrogen-bond acceptors (Lipinski definition) is 5. The molecule has 0 aliphatic heterocycles. The van der Waals surface area contributed by atoms with E-state index in [4.69, 9.17) is 16.3 Å². The Bertz CT molecular complexity index is 1300. The fourth-order valence-electron chi connectivity index (χ4n) is 3.59. The number of halogens is 1. The topological polar surface area (TPSA) is 79.8 Å². The van der Waals surface area contributed by atoms with E-state index in [0.29, 0.717) is 16.5 Å². The molecule has 0 fully saturated rings. The van der Waals surface area contributed by atoms with Crippen molar-refractivity contribution in [3.8, 4) is 22.7 Å². The highest BCUT2D eigenvalue weighted by Crippen LogP contribution is 2.32. The summed E-state index contributed by atoms with van der Waals surface area (Å²) in [4.78, 5) is 12.4. The van der Waals surface area contributed by atoms with E-state index >= 15 is 0 Å². The van der Waals surface area contributed by atoms with Crippen molar-refractivity contribution in [1.29, 1.82) is 0 Å². The van der Waals surface area contributed by atoms with E-state index in [9.17, 15) is 4.79 Å². The predicted octanol–water partition coefficient (Wildman–Crippen LogP) is 3.47. The molecule has 31 heavy (non-hydrogen) atoms. The second kappa shape index (κ2) is 8.39. The van der Waals surface area contributed by atoms with Crippen LogP contribution < -0.4 is 10.4 Å². The molecule has 0 saturated heterocycles. The molecule has 0 atom stereocenters. The summed E-state index contributed by atoms with van der Waals surface area (Å²) in [5.74, 6) is 0.558. The zero-order valence-corrected chi connectivity index (χ0v) is 18.6. The van der Waals surface area contributed by atoms with Crippen LogP contribution in [0.5, 0.6) is 5.75 Å². The fraction of sp³-hybridized carbons (Fsp3) is 0.273. The molecule has 0 saturated carbocycles. The molecule has 0 radical (unpaired) electrons. The molecule has 9 heteroatoms. The van der Waals surface area contributed by atoms with Crippen LogP contribution in [0.1, 0.15) is 23.6 Å². The van der Waals surface area contributed by atoms with Gasteiger partial charge in [0, 0.05) is 31.4 Å². The van der Waals surface area contributed by atoms with Crippen LogP contribution in [0.3, 0.4) is 0 Å². The first-order valence-electron chi connectivity index (χ1n) is 9.92. The summed E-state index contributed by atoms with van der Waals surface area (Å²) >= 11 is 6.52. The van der Waals surface area contributed by atoms with Gasteiger partial charge in [-0.05, 0) is 59.2 Å². The van der Waals surface area contributed by atoms with Gasteiger partial charge in [-0.3, -0.25) is 4.68 Å². The molecule has 0 spiro atoms. The van der Waals surface area contributed by atoms with Gasteiger partial charge in [0.25, 0.3) is 0 Å². The summed E-state index contributed by atoms with van der Waals surface area (Å²) in [7, 11) is 3.46. The summed E-state index contributed by atoms with van der Waals surface area (Å²) in [6.45, 7) is 4.31. The van der Waals surface area contributed by atoms with Crippen LogP contribution in [0.25, 0.3) is 16.9 Å². The molecular weight excluding hydrogens is 416 g/mol. The Morgan fingerprint density at radius 3 is 2.55 bits per heavy atom. The SMILES string of the molecule is CCc1cccc(-n2nnn(C)c2=O)c1COc1ccc(-c2nn(C)cc2C)cc1Cl. The maximum absolute atomic E-state index is 12.4. The Morgan fingerprint density at radius 2 is 1.94 bits per heavy atom. The molecule has 0 unspecified atom stereocenters. The van der Waals surface area contributed by atoms with E-state index in [1.165, 1.54) is 9.36 Å². The number of hydrogen-bond donors (Lipinski definition) is 0. The predicted molar refractivity (Wildman–Crippen MR) is 119 cm³/mol. The maximum Gasteiger partial charge on any atom is 0.368 e. The third-order valence-corrected chi connectivity index (χ3v) is 5.46. The number of aryl methyl sites for hydroxylation is 4. The van der Waals surface area contributed by atoms with Crippen LogP contribution in [0.2, 0.25) is 5.02 Å². The van der Waals surface area contributed by atoms with E-state index in [-0.39, 0.29) is 12.3 Å². The number of rotatable bonds is 6. The monoisotopic (exact) mass is 438 g/mol. The molecule has 4 rings (SSSR count). The average Bonchev–Trinajstić information content (AvgIpc) is 3.27. The van der Waals surface area contributed by atoms with Crippen LogP contribution in [-0.4, -0.2) is 29.6 Å². The van der Waals surface area contributed by atoms with Crippen LogP contribution in [-0.2, 0) is 27.1 Å². The van der Waals surface area contributed by atoms with Crippen LogP contribution in [0.15, 0.2) is 47.4 Å². The third-order valence-electron chi connectivity index (χ3n) is 5.17. The molecule has 8 nitrogen and oxygen atoms in total. The number of ether oxygens (including phenoxy) is 1. The lowest BCUT2D eigenvalue weighted by molar-refractivity contribution is 0.304. The zero-order valence-electron chi connectivity index (χ0n) is 17.8. The Kier molecular flexibility index (Phi) is 5.65. The van der Waals surface area contributed by atoms with E-state index in [2.05, 4.69) is 22.4 Å². The van der Waals surface area contributed by atoms with E-state index < -0.39 is 0 Å². The summed E-state index contributed by atoms with van der Waals surface area (Å²) in [5, 5.41) is 12.8. The van der Waals surface area contributed by atoms with Crippen molar-refractivity contribution in [2.75, 3.05) is 0 Å². The second-order valence-corrected chi connectivity index (χ2v) is 7.74. The van der Waals surface area contributed by atoms with Gasteiger partial charge in [0.15, 0.2) is 0 Å². The van der Waals surface area contributed by atoms with Gasteiger partial charge in [-0.1, -0.05) is 30.7 Å². The van der Waals surface area contributed by atoms with Crippen molar-refractivity contribution < 1.29 is 4.74 Å². The molecule has 0 bridgehead atoms. The normalized spacial score (nSPS) is 11.1. The van der Waals surface area contributed by atoms with Gasteiger partial charge >= 0.3 is 5.69 Å². The highest BCUT2D eigenvalue weighted by Gasteiger charge is 2.16. The van der Waals surface area contributed by atoms with Gasteiger partial charge in [0.2, 0.25) is 0 Å². The van der Waals surface area contributed by atoms with Gasteiger partial charge in [0.1, 0.15) is 12.4 Å². The first kappa shape index (κ1) is 20.9. The number of nitrogens with zero attached hydrogens (tertiary/aromatic N) is 6. The Hall–Kier alpha value is -3.39. The van der Waals surface area contributed by atoms with Gasteiger partial charge in [-0.25, -0.2) is 4.79 Å². The van der Waals surface area contributed by atoms with E-state index in [0.717, 1.165) is 34.4 Å². The van der Waals surface area contributed by atoms with Crippen molar-refractivity contribution >= 4 is 11.6 Å². The number of aromatic nitrogens is 6. The minimum atomic E-state index is -0.317. The summed E-state index contributed by atoms with van der Waals surface area (Å²) in [5.41, 5.74) is 5.15. The lowest BCUT2D eigenvalue weighted by Gasteiger charge is -2.15.